The minimum Gasteiger partial charge on any atom is -0.508 e. The van der Waals surface area contributed by atoms with Crippen molar-refractivity contribution in [2.45, 2.75) is 58.7 Å². The molecule has 0 aromatic heterocycles. The molecule has 4 N–H and O–H groups in total. The molecule has 0 spiro atoms. The SMILES string of the molecule is Cc1cccc(C(C(=O)Nc2c(C)cccc2Cl)N(CC#N)C(=O)C(Cc2ccc(O)cc2)NC(=O)OC(C)(C)C)c1O. The third-order valence-electron chi connectivity index (χ3n) is 6.48. The first-order valence-corrected chi connectivity index (χ1v) is 13.9. The predicted octanol–water partition coefficient (Wildman–Crippen LogP) is 5.54. The van der Waals surface area contributed by atoms with Gasteiger partial charge in [-0.3, -0.25) is 9.59 Å². The summed E-state index contributed by atoms with van der Waals surface area (Å²) in [4.78, 5) is 42.1. The van der Waals surface area contributed by atoms with Crippen molar-refractivity contribution in [2.24, 2.45) is 0 Å². The molecule has 226 valence electrons. The Morgan fingerprint density at radius 3 is 2.23 bits per heavy atom. The highest BCUT2D eigenvalue weighted by atomic mass is 35.5. The van der Waals surface area contributed by atoms with Gasteiger partial charge in [-0.2, -0.15) is 5.26 Å². The van der Waals surface area contributed by atoms with Gasteiger partial charge in [0.25, 0.3) is 5.91 Å². The number of nitrogens with zero attached hydrogens (tertiary/aromatic N) is 2. The molecule has 3 aromatic carbocycles. The first-order valence-electron chi connectivity index (χ1n) is 13.5. The molecule has 2 unspecified atom stereocenters. The summed E-state index contributed by atoms with van der Waals surface area (Å²) in [5.74, 6) is -1.73. The molecule has 0 aliphatic heterocycles. The number of hydrogen-bond acceptors (Lipinski definition) is 7. The molecule has 3 amide bonds. The number of aryl methyl sites for hydroxylation is 2. The van der Waals surface area contributed by atoms with E-state index in [9.17, 15) is 29.9 Å². The second-order valence-electron chi connectivity index (χ2n) is 11.0. The van der Waals surface area contributed by atoms with E-state index in [0.717, 1.165) is 4.90 Å². The summed E-state index contributed by atoms with van der Waals surface area (Å²) in [5, 5.41) is 36.1. The maximum Gasteiger partial charge on any atom is 0.408 e. The Bertz CT molecular complexity index is 1510. The summed E-state index contributed by atoms with van der Waals surface area (Å²) < 4.78 is 5.39. The Balaban J connectivity index is 2.12. The van der Waals surface area contributed by atoms with Crippen LogP contribution >= 0.6 is 11.6 Å². The van der Waals surface area contributed by atoms with Gasteiger partial charge < -0.3 is 30.5 Å². The van der Waals surface area contributed by atoms with E-state index in [1.807, 2.05) is 6.07 Å². The number of alkyl carbamates (subject to hydrolysis) is 1. The van der Waals surface area contributed by atoms with Gasteiger partial charge in [0.2, 0.25) is 5.91 Å². The molecular formula is C32H35ClN4O6. The van der Waals surface area contributed by atoms with Crippen molar-refractivity contribution in [3.8, 4) is 17.6 Å². The van der Waals surface area contributed by atoms with Crippen LogP contribution in [0.25, 0.3) is 0 Å². The van der Waals surface area contributed by atoms with E-state index in [2.05, 4.69) is 10.6 Å². The van der Waals surface area contributed by atoms with E-state index in [1.54, 1.807) is 77.1 Å². The number of carbonyl (C=O) groups is 3. The summed E-state index contributed by atoms with van der Waals surface area (Å²) in [7, 11) is 0. The van der Waals surface area contributed by atoms with E-state index in [0.29, 0.717) is 22.4 Å². The maximum absolute atomic E-state index is 14.3. The first-order chi connectivity index (χ1) is 20.2. The highest BCUT2D eigenvalue weighted by Crippen LogP contribution is 2.34. The number of amides is 3. The second-order valence-corrected chi connectivity index (χ2v) is 11.4. The number of carbonyl (C=O) groups excluding carboxylic acids is 3. The molecule has 0 bridgehead atoms. The van der Waals surface area contributed by atoms with Crippen LogP contribution in [0, 0.1) is 25.2 Å². The van der Waals surface area contributed by atoms with Crippen molar-refractivity contribution >= 4 is 35.2 Å². The van der Waals surface area contributed by atoms with Gasteiger partial charge in [-0.25, -0.2) is 4.79 Å². The number of ether oxygens (including phenoxy) is 1. The Morgan fingerprint density at radius 2 is 1.63 bits per heavy atom. The lowest BCUT2D eigenvalue weighted by molar-refractivity contribution is -0.140. The van der Waals surface area contributed by atoms with Crippen LogP contribution in [-0.2, 0) is 20.7 Å². The monoisotopic (exact) mass is 606 g/mol. The first kappa shape index (κ1) is 32.8. The zero-order valence-corrected chi connectivity index (χ0v) is 25.4. The molecule has 0 saturated heterocycles. The Labute approximate surface area is 255 Å². The highest BCUT2D eigenvalue weighted by Gasteiger charge is 2.38. The lowest BCUT2D eigenvalue weighted by atomic mass is 9.98. The number of halogens is 1. The molecule has 3 aromatic rings. The van der Waals surface area contributed by atoms with Gasteiger partial charge in [0.05, 0.1) is 16.8 Å². The molecule has 3 rings (SSSR count). The van der Waals surface area contributed by atoms with Crippen LogP contribution in [0.4, 0.5) is 10.5 Å². The summed E-state index contributed by atoms with van der Waals surface area (Å²) >= 11 is 6.37. The van der Waals surface area contributed by atoms with Gasteiger partial charge in [0.15, 0.2) is 0 Å². The summed E-state index contributed by atoms with van der Waals surface area (Å²) in [6, 6.07) is 15.0. The average molecular weight is 607 g/mol. The van der Waals surface area contributed by atoms with Crippen LogP contribution in [0.3, 0.4) is 0 Å². The second kappa shape index (κ2) is 13.9. The van der Waals surface area contributed by atoms with Crippen LogP contribution in [0.5, 0.6) is 11.5 Å². The van der Waals surface area contributed by atoms with Crippen molar-refractivity contribution in [3.63, 3.8) is 0 Å². The average Bonchev–Trinajstić information content (AvgIpc) is 2.92. The van der Waals surface area contributed by atoms with Crippen molar-refractivity contribution in [1.29, 1.82) is 5.26 Å². The number of anilines is 1. The molecular weight excluding hydrogens is 572 g/mol. The molecule has 11 heteroatoms. The number of hydrogen-bond donors (Lipinski definition) is 4. The number of phenolic OH excluding ortho intramolecular Hbond substituents is 2. The normalized spacial score (nSPS) is 12.4. The van der Waals surface area contributed by atoms with Gasteiger partial charge in [0, 0.05) is 12.0 Å². The number of phenols is 2. The molecule has 0 aliphatic carbocycles. The van der Waals surface area contributed by atoms with Gasteiger partial charge in [0.1, 0.15) is 35.7 Å². The Hall–Kier alpha value is -4.75. The van der Waals surface area contributed by atoms with Gasteiger partial charge in [-0.15, -0.1) is 0 Å². The van der Waals surface area contributed by atoms with Crippen LogP contribution in [-0.4, -0.2) is 51.2 Å². The van der Waals surface area contributed by atoms with Gasteiger partial charge in [-0.05, 0) is 69.5 Å². The largest absolute Gasteiger partial charge is 0.508 e. The van der Waals surface area contributed by atoms with E-state index in [-0.39, 0.29) is 28.5 Å². The molecule has 0 heterocycles. The van der Waals surface area contributed by atoms with E-state index >= 15 is 0 Å². The van der Waals surface area contributed by atoms with Gasteiger partial charge >= 0.3 is 6.09 Å². The Kier molecular flexibility index (Phi) is 10.6. The minimum absolute atomic E-state index is 0.0133. The molecule has 0 saturated carbocycles. The summed E-state index contributed by atoms with van der Waals surface area (Å²) in [6.45, 7) is 7.83. The standard InChI is InChI=1S/C32H35ClN4O6/c1-19-8-7-11-24(33)26(19)36-29(40)27(23-10-6-9-20(2)28(23)39)37(17-16-34)30(41)25(35-31(42)43-32(3,4)5)18-21-12-14-22(38)15-13-21/h6-15,25,27,38-39H,17-18H2,1-5H3,(H,35,42)(H,36,40). The summed E-state index contributed by atoms with van der Waals surface area (Å²) in [5.41, 5.74) is 1.19. The van der Waals surface area contributed by atoms with Crippen molar-refractivity contribution in [1.82, 2.24) is 10.2 Å². The Morgan fingerprint density at radius 1 is 1.00 bits per heavy atom. The lowest BCUT2D eigenvalue weighted by Crippen LogP contribution is -2.53. The fourth-order valence-corrected chi connectivity index (χ4v) is 4.69. The predicted molar refractivity (Wildman–Crippen MR) is 163 cm³/mol. The highest BCUT2D eigenvalue weighted by molar-refractivity contribution is 6.34. The smallest absolute Gasteiger partial charge is 0.408 e. The third-order valence-corrected chi connectivity index (χ3v) is 6.80. The minimum atomic E-state index is -1.49. The van der Waals surface area contributed by atoms with Crippen LogP contribution in [0.1, 0.15) is 49.1 Å². The van der Waals surface area contributed by atoms with Gasteiger partial charge in [-0.1, -0.05) is 54.1 Å². The molecule has 10 nitrogen and oxygen atoms in total. The topological polar surface area (TPSA) is 152 Å². The number of nitriles is 1. The fourth-order valence-electron chi connectivity index (χ4n) is 4.43. The van der Waals surface area contributed by atoms with Crippen molar-refractivity contribution < 1.29 is 29.3 Å². The zero-order chi connectivity index (χ0) is 31.9. The van der Waals surface area contributed by atoms with Crippen LogP contribution in [0.15, 0.2) is 60.7 Å². The van der Waals surface area contributed by atoms with E-state index < -0.39 is 42.1 Å². The summed E-state index contributed by atoms with van der Waals surface area (Å²) in [6.07, 6.45) is -0.939. The van der Waals surface area contributed by atoms with E-state index in [1.165, 1.54) is 18.2 Å². The maximum atomic E-state index is 14.3. The quantitative estimate of drug-likeness (QED) is 0.233. The molecule has 0 fully saturated rings. The van der Waals surface area contributed by atoms with Crippen LogP contribution in [0.2, 0.25) is 5.02 Å². The third kappa shape index (κ3) is 8.63. The zero-order valence-electron chi connectivity index (χ0n) is 24.6. The van der Waals surface area contributed by atoms with E-state index in [4.69, 9.17) is 16.3 Å². The molecule has 0 aliphatic rings. The fraction of sp³-hybridized carbons (Fsp3) is 0.312. The number of para-hydroxylation sites is 2. The van der Waals surface area contributed by atoms with Crippen molar-refractivity contribution in [2.75, 3.05) is 11.9 Å². The molecule has 43 heavy (non-hydrogen) atoms. The van der Waals surface area contributed by atoms with Crippen molar-refractivity contribution in [3.05, 3.63) is 87.9 Å². The molecule has 0 radical (unpaired) electrons. The number of rotatable bonds is 9. The number of aromatic hydroxyl groups is 2. The molecule has 2 atom stereocenters. The number of benzene rings is 3. The number of nitrogens with one attached hydrogen (secondary N) is 2. The lowest BCUT2D eigenvalue weighted by Gasteiger charge is -2.33. The van der Waals surface area contributed by atoms with Crippen LogP contribution < -0.4 is 10.6 Å².